The minimum atomic E-state index is -3.42. The van der Waals surface area contributed by atoms with Gasteiger partial charge in [-0.25, -0.2) is 8.42 Å². The van der Waals surface area contributed by atoms with Gasteiger partial charge in [-0.1, -0.05) is 17.7 Å². The van der Waals surface area contributed by atoms with Crippen molar-refractivity contribution in [2.75, 3.05) is 39.3 Å². The van der Waals surface area contributed by atoms with Gasteiger partial charge in [0.1, 0.15) is 0 Å². The van der Waals surface area contributed by atoms with Crippen molar-refractivity contribution in [3.63, 3.8) is 0 Å². The van der Waals surface area contributed by atoms with Gasteiger partial charge >= 0.3 is 0 Å². The maximum atomic E-state index is 12.7. The highest BCUT2D eigenvalue weighted by atomic mass is 35.5. The molecule has 1 aromatic carbocycles. The molecule has 3 rings (SSSR count). The van der Waals surface area contributed by atoms with Gasteiger partial charge in [0.25, 0.3) is 0 Å². The highest BCUT2D eigenvalue weighted by Gasteiger charge is 2.40. The van der Waals surface area contributed by atoms with Gasteiger partial charge in [0, 0.05) is 50.3 Å². The fourth-order valence-electron chi connectivity index (χ4n) is 2.90. The van der Waals surface area contributed by atoms with Gasteiger partial charge in [0.15, 0.2) is 0 Å². The average molecular weight is 330 g/mol. The SMILES string of the molecule is Cc1c(Cl)cccc1S(=O)(=O)N1CC(N2CCNCC2)C1. The Bertz CT molecular complexity index is 623. The van der Waals surface area contributed by atoms with Crippen LogP contribution in [-0.2, 0) is 10.0 Å². The summed E-state index contributed by atoms with van der Waals surface area (Å²) in [5.74, 6) is 0. The normalized spacial score (nSPS) is 22.2. The third kappa shape index (κ3) is 2.83. The highest BCUT2D eigenvalue weighted by Crippen LogP contribution is 2.29. The third-order valence-electron chi connectivity index (χ3n) is 4.33. The van der Waals surface area contributed by atoms with Crippen LogP contribution in [0.5, 0.6) is 0 Å². The van der Waals surface area contributed by atoms with E-state index in [2.05, 4.69) is 10.2 Å². The van der Waals surface area contributed by atoms with Crippen LogP contribution in [0.15, 0.2) is 23.1 Å². The molecule has 0 amide bonds. The van der Waals surface area contributed by atoms with E-state index in [1.165, 1.54) is 0 Å². The standard InChI is InChI=1S/C14H20ClN3O2S/c1-11-13(15)3-2-4-14(11)21(19,20)18-9-12(10-18)17-7-5-16-6-8-17/h2-4,12,16H,5-10H2,1H3. The van der Waals surface area contributed by atoms with E-state index >= 15 is 0 Å². The van der Waals surface area contributed by atoms with Crippen LogP contribution in [0.3, 0.4) is 0 Å². The summed E-state index contributed by atoms with van der Waals surface area (Å²) >= 11 is 6.04. The van der Waals surface area contributed by atoms with Crippen LogP contribution in [0.2, 0.25) is 5.02 Å². The Balaban J connectivity index is 1.71. The molecule has 2 fully saturated rings. The van der Waals surface area contributed by atoms with Gasteiger partial charge in [-0.15, -0.1) is 0 Å². The molecule has 0 spiro atoms. The molecule has 1 aromatic rings. The van der Waals surface area contributed by atoms with Crippen molar-refractivity contribution in [1.82, 2.24) is 14.5 Å². The second-order valence-electron chi connectivity index (χ2n) is 5.62. The van der Waals surface area contributed by atoms with Gasteiger partial charge in [0.05, 0.1) is 4.90 Å². The quantitative estimate of drug-likeness (QED) is 0.896. The number of nitrogens with zero attached hydrogens (tertiary/aromatic N) is 2. The second-order valence-corrected chi connectivity index (χ2v) is 7.94. The number of halogens is 1. The minimum absolute atomic E-state index is 0.328. The fourth-order valence-corrected chi connectivity index (χ4v) is 4.89. The van der Waals surface area contributed by atoms with E-state index in [1.807, 2.05) is 0 Å². The lowest BCUT2D eigenvalue weighted by Crippen LogP contribution is -2.63. The Kier molecular flexibility index (Phi) is 4.25. The van der Waals surface area contributed by atoms with Gasteiger partial charge in [-0.2, -0.15) is 4.31 Å². The molecule has 0 aromatic heterocycles. The topological polar surface area (TPSA) is 52.7 Å². The summed E-state index contributed by atoms with van der Waals surface area (Å²) in [5, 5.41) is 3.81. The summed E-state index contributed by atoms with van der Waals surface area (Å²) < 4.78 is 26.9. The first-order valence-corrected chi connectivity index (χ1v) is 9.02. The third-order valence-corrected chi connectivity index (χ3v) is 6.72. The van der Waals surface area contributed by atoms with Crippen molar-refractivity contribution in [3.05, 3.63) is 28.8 Å². The van der Waals surface area contributed by atoms with Crippen molar-refractivity contribution in [1.29, 1.82) is 0 Å². The Morgan fingerprint density at radius 2 is 1.90 bits per heavy atom. The Morgan fingerprint density at radius 3 is 2.57 bits per heavy atom. The monoisotopic (exact) mass is 329 g/mol. The summed E-state index contributed by atoms with van der Waals surface area (Å²) in [6.07, 6.45) is 0. The predicted molar refractivity (Wildman–Crippen MR) is 83.2 cm³/mol. The zero-order chi connectivity index (χ0) is 15.0. The first-order valence-electron chi connectivity index (χ1n) is 7.20. The second kappa shape index (κ2) is 5.85. The lowest BCUT2D eigenvalue weighted by atomic mass is 10.1. The van der Waals surface area contributed by atoms with E-state index in [9.17, 15) is 8.42 Å². The molecular weight excluding hydrogens is 310 g/mol. The lowest BCUT2D eigenvalue weighted by Gasteiger charge is -2.45. The van der Waals surface area contributed by atoms with Gasteiger partial charge < -0.3 is 5.32 Å². The molecule has 0 saturated carbocycles. The van der Waals surface area contributed by atoms with E-state index in [0.29, 0.717) is 34.6 Å². The molecular formula is C14H20ClN3O2S. The first kappa shape index (κ1) is 15.2. The zero-order valence-electron chi connectivity index (χ0n) is 12.0. The van der Waals surface area contributed by atoms with E-state index in [0.717, 1.165) is 26.2 Å². The highest BCUT2D eigenvalue weighted by molar-refractivity contribution is 7.89. The van der Waals surface area contributed by atoms with Crippen LogP contribution in [0.1, 0.15) is 5.56 Å². The van der Waals surface area contributed by atoms with Crippen LogP contribution in [-0.4, -0.2) is 62.9 Å². The Labute approximate surface area is 130 Å². The van der Waals surface area contributed by atoms with Crippen molar-refractivity contribution >= 4 is 21.6 Å². The summed E-state index contributed by atoms with van der Waals surface area (Å²) in [6.45, 7) is 6.86. The molecule has 2 saturated heterocycles. The van der Waals surface area contributed by atoms with E-state index in [1.54, 1.807) is 29.4 Å². The van der Waals surface area contributed by atoms with Crippen LogP contribution in [0.25, 0.3) is 0 Å². The van der Waals surface area contributed by atoms with Gasteiger partial charge in [-0.3, -0.25) is 4.90 Å². The number of nitrogens with one attached hydrogen (secondary N) is 1. The van der Waals surface area contributed by atoms with Crippen molar-refractivity contribution < 1.29 is 8.42 Å². The molecule has 1 N–H and O–H groups in total. The molecule has 2 aliphatic rings. The number of piperazine rings is 1. The van der Waals surface area contributed by atoms with Gasteiger partial charge in [0.2, 0.25) is 10.0 Å². The van der Waals surface area contributed by atoms with E-state index in [-0.39, 0.29) is 0 Å². The maximum absolute atomic E-state index is 12.7. The first-order chi connectivity index (χ1) is 10.00. The molecule has 0 atom stereocenters. The minimum Gasteiger partial charge on any atom is -0.314 e. The lowest BCUT2D eigenvalue weighted by molar-refractivity contribution is 0.0773. The molecule has 21 heavy (non-hydrogen) atoms. The summed E-state index contributed by atoms with van der Waals surface area (Å²) in [5.41, 5.74) is 0.629. The number of hydrogen-bond donors (Lipinski definition) is 1. The smallest absolute Gasteiger partial charge is 0.243 e. The van der Waals surface area contributed by atoms with Crippen molar-refractivity contribution in [2.45, 2.75) is 17.9 Å². The van der Waals surface area contributed by atoms with Crippen molar-refractivity contribution in [2.24, 2.45) is 0 Å². The van der Waals surface area contributed by atoms with Crippen molar-refractivity contribution in [3.8, 4) is 0 Å². The number of sulfonamides is 1. The largest absolute Gasteiger partial charge is 0.314 e. The molecule has 0 bridgehead atoms. The zero-order valence-corrected chi connectivity index (χ0v) is 13.6. The number of rotatable bonds is 3. The average Bonchev–Trinajstić information content (AvgIpc) is 2.41. The molecule has 0 aliphatic carbocycles. The van der Waals surface area contributed by atoms with E-state index in [4.69, 9.17) is 11.6 Å². The molecule has 2 heterocycles. The van der Waals surface area contributed by atoms with Crippen LogP contribution in [0.4, 0.5) is 0 Å². The molecule has 116 valence electrons. The van der Waals surface area contributed by atoms with Crippen LogP contribution in [0, 0.1) is 6.92 Å². The molecule has 2 aliphatic heterocycles. The summed E-state index contributed by atoms with van der Waals surface area (Å²) in [6, 6.07) is 5.39. The Hall–Kier alpha value is -0.660. The molecule has 5 nitrogen and oxygen atoms in total. The Morgan fingerprint density at radius 1 is 1.24 bits per heavy atom. The van der Waals surface area contributed by atoms with Gasteiger partial charge in [-0.05, 0) is 24.6 Å². The number of benzene rings is 1. The summed E-state index contributed by atoms with van der Waals surface area (Å²) in [4.78, 5) is 2.70. The molecule has 7 heteroatoms. The number of hydrogen-bond acceptors (Lipinski definition) is 4. The molecule has 0 unspecified atom stereocenters. The predicted octanol–water partition coefficient (Wildman–Crippen LogP) is 0.927. The fraction of sp³-hybridized carbons (Fsp3) is 0.571. The summed E-state index contributed by atoms with van der Waals surface area (Å²) in [7, 11) is -3.42. The maximum Gasteiger partial charge on any atom is 0.243 e. The van der Waals surface area contributed by atoms with Crippen LogP contribution < -0.4 is 5.32 Å². The van der Waals surface area contributed by atoms with E-state index < -0.39 is 10.0 Å². The van der Waals surface area contributed by atoms with Crippen LogP contribution >= 0.6 is 11.6 Å². The molecule has 0 radical (unpaired) electrons.